The summed E-state index contributed by atoms with van der Waals surface area (Å²) in [5.74, 6) is -0.168. The standard InChI is InChI=1S/C20H22N2O6S/c1-27-16-5-8-18(28-2)13(10-16)9-14-11-21-19(24)12-22(20(14)25)29(26)17-6-3-15(23)4-7-17/h3-8,10,14,23H,9,11-12H2,1-2H3,(H,21,24). The maximum absolute atomic E-state index is 13.2. The molecule has 1 aliphatic heterocycles. The first-order valence-electron chi connectivity index (χ1n) is 8.93. The molecule has 9 heteroatoms. The maximum Gasteiger partial charge on any atom is 0.240 e. The molecule has 3 rings (SSSR count). The Morgan fingerprint density at radius 3 is 2.52 bits per heavy atom. The van der Waals surface area contributed by atoms with Gasteiger partial charge >= 0.3 is 0 Å². The van der Waals surface area contributed by atoms with E-state index in [-0.39, 0.29) is 31.2 Å². The second-order valence-electron chi connectivity index (χ2n) is 6.50. The van der Waals surface area contributed by atoms with Crippen molar-refractivity contribution in [2.45, 2.75) is 11.3 Å². The third kappa shape index (κ3) is 4.68. The smallest absolute Gasteiger partial charge is 0.240 e. The Balaban J connectivity index is 1.88. The zero-order chi connectivity index (χ0) is 21.0. The number of amides is 2. The van der Waals surface area contributed by atoms with E-state index < -0.39 is 22.8 Å². The second-order valence-corrected chi connectivity index (χ2v) is 7.91. The van der Waals surface area contributed by atoms with Crippen molar-refractivity contribution in [2.24, 2.45) is 5.92 Å². The molecule has 29 heavy (non-hydrogen) atoms. The molecule has 1 fully saturated rings. The average molecular weight is 418 g/mol. The molecule has 2 aromatic rings. The van der Waals surface area contributed by atoms with Gasteiger partial charge < -0.3 is 19.9 Å². The van der Waals surface area contributed by atoms with Crippen LogP contribution in [-0.4, -0.2) is 52.7 Å². The molecule has 1 heterocycles. The molecule has 0 aliphatic carbocycles. The van der Waals surface area contributed by atoms with Gasteiger partial charge in [0.1, 0.15) is 23.8 Å². The predicted octanol–water partition coefficient (Wildman–Crippen LogP) is 1.25. The predicted molar refractivity (Wildman–Crippen MR) is 106 cm³/mol. The first-order valence-corrected chi connectivity index (χ1v) is 10.0. The number of nitrogens with one attached hydrogen (secondary N) is 1. The fourth-order valence-corrected chi connectivity index (χ4v) is 4.26. The summed E-state index contributed by atoms with van der Waals surface area (Å²) >= 11 is 0. The summed E-state index contributed by atoms with van der Waals surface area (Å²) in [5.41, 5.74) is 0.747. The highest BCUT2D eigenvalue weighted by molar-refractivity contribution is 7.83. The van der Waals surface area contributed by atoms with Crippen molar-refractivity contribution in [1.82, 2.24) is 9.62 Å². The molecule has 1 aliphatic rings. The van der Waals surface area contributed by atoms with E-state index in [0.717, 1.165) is 9.87 Å². The number of phenolic OH excluding ortho intramolecular Hbond substituents is 1. The van der Waals surface area contributed by atoms with Gasteiger partial charge in [-0.15, -0.1) is 0 Å². The van der Waals surface area contributed by atoms with Gasteiger partial charge in [0.2, 0.25) is 11.8 Å². The van der Waals surface area contributed by atoms with Crippen LogP contribution in [0, 0.1) is 5.92 Å². The van der Waals surface area contributed by atoms with Gasteiger partial charge in [-0.3, -0.25) is 9.59 Å². The first kappa shape index (κ1) is 20.7. The minimum Gasteiger partial charge on any atom is -0.508 e. The van der Waals surface area contributed by atoms with E-state index in [4.69, 9.17) is 9.47 Å². The summed E-state index contributed by atoms with van der Waals surface area (Å²) in [4.78, 5) is 25.6. The van der Waals surface area contributed by atoms with Crippen molar-refractivity contribution in [3.05, 3.63) is 48.0 Å². The van der Waals surface area contributed by atoms with Gasteiger partial charge in [-0.2, -0.15) is 0 Å². The van der Waals surface area contributed by atoms with Crippen LogP contribution in [0.5, 0.6) is 17.2 Å². The number of carbonyl (C=O) groups excluding carboxylic acids is 2. The minimum atomic E-state index is -1.88. The molecule has 2 unspecified atom stereocenters. The number of hydrogen-bond acceptors (Lipinski definition) is 6. The SMILES string of the molecule is COc1ccc(OC)c(CC2CNC(=O)CN(S(=O)c3ccc(O)cc3)C2=O)c1. The number of ether oxygens (including phenoxy) is 2. The molecule has 2 atom stereocenters. The Morgan fingerprint density at radius 2 is 1.86 bits per heavy atom. The topological polar surface area (TPSA) is 105 Å². The zero-order valence-electron chi connectivity index (χ0n) is 16.1. The third-order valence-corrected chi connectivity index (χ3v) is 6.01. The van der Waals surface area contributed by atoms with Gasteiger partial charge in [-0.1, -0.05) is 0 Å². The van der Waals surface area contributed by atoms with Crippen LogP contribution >= 0.6 is 0 Å². The number of hydrogen-bond donors (Lipinski definition) is 2. The van der Waals surface area contributed by atoms with Gasteiger partial charge in [-0.05, 0) is 54.4 Å². The monoisotopic (exact) mass is 418 g/mol. The van der Waals surface area contributed by atoms with Crippen molar-refractivity contribution in [3.63, 3.8) is 0 Å². The Labute approximate surface area is 171 Å². The summed E-state index contributed by atoms with van der Waals surface area (Å²) in [6, 6.07) is 11.0. The summed E-state index contributed by atoms with van der Waals surface area (Å²) in [6.45, 7) is -0.181. The average Bonchev–Trinajstić information content (AvgIpc) is 2.87. The van der Waals surface area contributed by atoms with Crippen LogP contribution in [0.3, 0.4) is 0 Å². The fraction of sp³-hybridized carbons (Fsp3) is 0.300. The van der Waals surface area contributed by atoms with Crippen molar-refractivity contribution >= 4 is 22.8 Å². The highest BCUT2D eigenvalue weighted by atomic mass is 32.2. The number of aromatic hydroxyl groups is 1. The van der Waals surface area contributed by atoms with Crippen molar-refractivity contribution in [2.75, 3.05) is 27.3 Å². The Bertz CT molecular complexity index is 931. The molecule has 2 N–H and O–H groups in total. The minimum absolute atomic E-state index is 0.0219. The summed E-state index contributed by atoms with van der Waals surface area (Å²) in [7, 11) is 1.21. The summed E-state index contributed by atoms with van der Waals surface area (Å²) < 4.78 is 24.6. The van der Waals surface area contributed by atoms with Gasteiger partial charge in [-0.25, -0.2) is 8.51 Å². The van der Waals surface area contributed by atoms with E-state index in [0.29, 0.717) is 16.4 Å². The first-order chi connectivity index (χ1) is 13.9. The van der Waals surface area contributed by atoms with Crippen LogP contribution in [0.4, 0.5) is 0 Å². The van der Waals surface area contributed by atoms with E-state index in [2.05, 4.69) is 5.32 Å². The van der Waals surface area contributed by atoms with Gasteiger partial charge in [0.25, 0.3) is 0 Å². The molecule has 0 spiro atoms. The van der Waals surface area contributed by atoms with Crippen molar-refractivity contribution < 1.29 is 28.4 Å². The van der Waals surface area contributed by atoms with Crippen molar-refractivity contribution in [3.8, 4) is 17.2 Å². The van der Waals surface area contributed by atoms with E-state index in [1.165, 1.54) is 31.4 Å². The lowest BCUT2D eigenvalue weighted by Gasteiger charge is -2.22. The number of rotatable bonds is 6. The third-order valence-electron chi connectivity index (χ3n) is 4.62. The van der Waals surface area contributed by atoms with E-state index in [1.807, 2.05) is 0 Å². The molecule has 154 valence electrons. The van der Waals surface area contributed by atoms with Crippen LogP contribution < -0.4 is 14.8 Å². The lowest BCUT2D eigenvalue weighted by Crippen LogP contribution is -2.39. The van der Waals surface area contributed by atoms with Crippen LogP contribution in [-0.2, 0) is 27.0 Å². The van der Waals surface area contributed by atoms with Crippen LogP contribution in [0.2, 0.25) is 0 Å². The van der Waals surface area contributed by atoms with E-state index in [9.17, 15) is 18.9 Å². The lowest BCUT2D eigenvalue weighted by molar-refractivity contribution is -0.131. The molecular formula is C20H22N2O6S. The Hall–Kier alpha value is -3.07. The van der Waals surface area contributed by atoms with E-state index in [1.54, 1.807) is 25.3 Å². The number of methoxy groups -OCH3 is 2. The largest absolute Gasteiger partial charge is 0.508 e. The quantitative estimate of drug-likeness (QED) is 0.732. The maximum atomic E-state index is 13.2. The van der Waals surface area contributed by atoms with Crippen LogP contribution in [0.25, 0.3) is 0 Å². The summed E-state index contributed by atoms with van der Waals surface area (Å²) in [6.07, 6.45) is 0.281. The molecule has 0 aromatic heterocycles. The van der Waals surface area contributed by atoms with Crippen LogP contribution in [0.15, 0.2) is 47.4 Å². The van der Waals surface area contributed by atoms with Gasteiger partial charge in [0, 0.05) is 6.54 Å². The van der Waals surface area contributed by atoms with Gasteiger partial charge in [0.05, 0.1) is 25.0 Å². The van der Waals surface area contributed by atoms with E-state index >= 15 is 0 Å². The highest BCUT2D eigenvalue weighted by Crippen LogP contribution is 2.28. The fourth-order valence-electron chi connectivity index (χ4n) is 3.09. The number of phenols is 1. The molecular weight excluding hydrogens is 396 g/mol. The Kier molecular flexibility index (Phi) is 6.38. The van der Waals surface area contributed by atoms with Crippen molar-refractivity contribution in [1.29, 1.82) is 0 Å². The molecule has 1 saturated heterocycles. The Morgan fingerprint density at radius 1 is 1.14 bits per heavy atom. The second kappa shape index (κ2) is 8.95. The molecule has 0 bridgehead atoms. The lowest BCUT2D eigenvalue weighted by atomic mass is 9.97. The molecule has 2 amide bonds. The highest BCUT2D eigenvalue weighted by Gasteiger charge is 2.34. The molecule has 0 saturated carbocycles. The molecule has 2 aromatic carbocycles. The number of carbonyl (C=O) groups is 2. The van der Waals surface area contributed by atoms with Gasteiger partial charge in [0.15, 0.2) is 11.0 Å². The number of benzene rings is 2. The number of nitrogens with zero attached hydrogens (tertiary/aromatic N) is 1. The molecule has 0 radical (unpaired) electrons. The summed E-state index contributed by atoms with van der Waals surface area (Å²) in [5, 5.41) is 12.1. The zero-order valence-corrected chi connectivity index (χ0v) is 16.9. The molecule has 8 nitrogen and oxygen atoms in total. The normalized spacial score (nSPS) is 18.0. The van der Waals surface area contributed by atoms with Crippen LogP contribution in [0.1, 0.15) is 5.56 Å².